The predicted molar refractivity (Wildman–Crippen MR) is 103 cm³/mol. The van der Waals surface area contributed by atoms with E-state index < -0.39 is 18.0 Å². The van der Waals surface area contributed by atoms with E-state index in [0.717, 1.165) is 27.7 Å². The molecule has 0 bridgehead atoms. The number of rotatable bonds is 5. The highest BCUT2D eigenvalue weighted by Gasteiger charge is 2.20. The summed E-state index contributed by atoms with van der Waals surface area (Å²) in [7, 11) is 0. The average molecular weight is 387 g/mol. The van der Waals surface area contributed by atoms with Crippen molar-refractivity contribution in [2.24, 2.45) is 0 Å². The molecule has 0 aliphatic heterocycles. The number of carbonyl (C=O) groups is 2. The van der Waals surface area contributed by atoms with Crippen LogP contribution in [0.2, 0.25) is 5.02 Å². The second-order valence-electron chi connectivity index (χ2n) is 6.30. The maximum absolute atomic E-state index is 12.2. The van der Waals surface area contributed by atoms with Gasteiger partial charge in [0.25, 0.3) is 5.91 Å². The number of esters is 1. The third-order valence-electron chi connectivity index (χ3n) is 4.33. The third kappa shape index (κ3) is 4.28. The van der Waals surface area contributed by atoms with Crippen LogP contribution >= 0.6 is 11.6 Å². The molecule has 6 nitrogen and oxygen atoms in total. The molecule has 1 aromatic carbocycles. The Morgan fingerprint density at radius 1 is 1.26 bits per heavy atom. The minimum atomic E-state index is -0.961. The molecule has 3 aromatic rings. The van der Waals surface area contributed by atoms with E-state index in [1.807, 2.05) is 26.0 Å². The fraction of sp³-hybridized carbons (Fsp3) is 0.250. The number of nitrogens with one attached hydrogen (secondary N) is 1. The lowest BCUT2D eigenvalue weighted by Crippen LogP contribution is -2.30. The van der Waals surface area contributed by atoms with Gasteiger partial charge in [-0.2, -0.15) is 0 Å². The van der Waals surface area contributed by atoms with Gasteiger partial charge in [0.2, 0.25) is 0 Å². The van der Waals surface area contributed by atoms with Crippen molar-refractivity contribution in [1.82, 2.24) is 4.98 Å². The van der Waals surface area contributed by atoms with Gasteiger partial charge in [-0.15, -0.1) is 0 Å². The molecule has 2 aromatic heterocycles. The number of halogens is 1. The lowest BCUT2D eigenvalue weighted by molar-refractivity contribution is -0.152. The summed E-state index contributed by atoms with van der Waals surface area (Å²) in [5.74, 6) is -0.650. The Bertz CT molecular complexity index is 995. The van der Waals surface area contributed by atoms with Crippen LogP contribution in [0.1, 0.15) is 23.6 Å². The van der Waals surface area contributed by atoms with Gasteiger partial charge in [-0.25, -0.2) is 4.98 Å². The van der Waals surface area contributed by atoms with Gasteiger partial charge in [0.1, 0.15) is 11.4 Å². The number of hydrogen-bond acceptors (Lipinski definition) is 5. The Kier molecular flexibility index (Phi) is 5.46. The lowest BCUT2D eigenvalue weighted by atomic mass is 10.0. The first-order valence-corrected chi connectivity index (χ1v) is 8.81. The van der Waals surface area contributed by atoms with E-state index in [9.17, 15) is 9.59 Å². The zero-order valence-corrected chi connectivity index (χ0v) is 16.0. The molecule has 1 amide bonds. The van der Waals surface area contributed by atoms with E-state index in [1.165, 1.54) is 13.1 Å². The lowest BCUT2D eigenvalue weighted by Gasteiger charge is -2.13. The first-order valence-electron chi connectivity index (χ1n) is 8.43. The first kappa shape index (κ1) is 18.9. The second kappa shape index (κ2) is 7.80. The molecule has 1 N–H and O–H groups in total. The molecule has 0 radical (unpaired) electrons. The van der Waals surface area contributed by atoms with Crippen molar-refractivity contribution in [3.8, 4) is 0 Å². The molecule has 0 aliphatic carbocycles. The van der Waals surface area contributed by atoms with E-state index >= 15 is 0 Å². The van der Waals surface area contributed by atoms with Crippen LogP contribution in [-0.2, 0) is 20.7 Å². The maximum Gasteiger partial charge on any atom is 0.311 e. The average Bonchev–Trinajstić information content (AvgIpc) is 3.03. The predicted octanol–water partition coefficient (Wildman–Crippen LogP) is 4.21. The smallest absolute Gasteiger partial charge is 0.311 e. The summed E-state index contributed by atoms with van der Waals surface area (Å²) in [5.41, 5.74) is 3.64. The third-order valence-corrected chi connectivity index (χ3v) is 4.56. The fourth-order valence-corrected chi connectivity index (χ4v) is 2.76. The number of furan rings is 1. The monoisotopic (exact) mass is 386 g/mol. The van der Waals surface area contributed by atoms with Gasteiger partial charge in [-0.1, -0.05) is 23.7 Å². The quantitative estimate of drug-likeness (QED) is 0.664. The van der Waals surface area contributed by atoms with Crippen molar-refractivity contribution in [1.29, 1.82) is 0 Å². The SMILES string of the molecule is Cc1ccc2c(CC(=O)O[C@@H](C)C(=O)Nc3ccc(Cl)cn3)coc2c1C. The van der Waals surface area contributed by atoms with E-state index in [4.69, 9.17) is 20.8 Å². The van der Waals surface area contributed by atoms with E-state index in [0.29, 0.717) is 10.8 Å². The van der Waals surface area contributed by atoms with Crippen LogP contribution in [0.3, 0.4) is 0 Å². The van der Waals surface area contributed by atoms with Crippen molar-refractivity contribution in [2.45, 2.75) is 33.3 Å². The number of pyridine rings is 1. The number of amides is 1. The topological polar surface area (TPSA) is 81.4 Å². The molecule has 0 saturated carbocycles. The van der Waals surface area contributed by atoms with Crippen LogP contribution in [0.4, 0.5) is 5.82 Å². The molecule has 0 aliphatic rings. The van der Waals surface area contributed by atoms with Crippen molar-refractivity contribution in [2.75, 3.05) is 5.32 Å². The molecule has 0 saturated heterocycles. The number of anilines is 1. The molecule has 0 fully saturated rings. The molecule has 7 heteroatoms. The molecular formula is C20H19ClN2O4. The van der Waals surface area contributed by atoms with Crippen molar-refractivity contribution >= 4 is 40.3 Å². The van der Waals surface area contributed by atoms with Crippen LogP contribution in [0.5, 0.6) is 0 Å². The zero-order chi connectivity index (χ0) is 19.6. The molecule has 0 spiro atoms. The summed E-state index contributed by atoms with van der Waals surface area (Å²) >= 11 is 5.75. The van der Waals surface area contributed by atoms with E-state index in [2.05, 4.69) is 10.3 Å². The Labute approximate surface area is 161 Å². The molecule has 0 unspecified atom stereocenters. The summed E-state index contributed by atoms with van der Waals surface area (Å²) in [5, 5.41) is 3.91. The number of aromatic nitrogens is 1. The van der Waals surface area contributed by atoms with Crippen LogP contribution in [0, 0.1) is 13.8 Å². The zero-order valence-electron chi connectivity index (χ0n) is 15.2. The summed E-state index contributed by atoms with van der Waals surface area (Å²) in [4.78, 5) is 28.4. The summed E-state index contributed by atoms with van der Waals surface area (Å²) in [6, 6.07) is 7.08. The highest BCUT2D eigenvalue weighted by atomic mass is 35.5. The summed E-state index contributed by atoms with van der Waals surface area (Å²) in [6.07, 6.45) is 2.03. The number of ether oxygens (including phenoxy) is 1. The highest BCUT2D eigenvalue weighted by molar-refractivity contribution is 6.30. The number of carbonyl (C=O) groups excluding carboxylic acids is 2. The fourth-order valence-electron chi connectivity index (χ4n) is 2.65. The molecule has 3 rings (SSSR count). The van der Waals surface area contributed by atoms with Gasteiger partial charge in [-0.3, -0.25) is 9.59 Å². The van der Waals surface area contributed by atoms with Gasteiger partial charge >= 0.3 is 5.97 Å². The molecule has 1 atom stereocenters. The molecule has 140 valence electrons. The standard InChI is InChI=1S/C20H19ClN2O4/c1-11-4-6-16-14(10-26-19(16)12(11)2)8-18(24)27-13(3)20(25)23-17-7-5-15(21)9-22-17/h4-7,9-10,13H,8H2,1-3H3,(H,22,23,25)/t13-/m0/s1. The van der Waals surface area contributed by atoms with Crippen molar-refractivity contribution in [3.63, 3.8) is 0 Å². The number of hydrogen-bond donors (Lipinski definition) is 1. The Hall–Kier alpha value is -2.86. The Balaban J connectivity index is 1.62. The van der Waals surface area contributed by atoms with E-state index in [1.54, 1.807) is 18.4 Å². The van der Waals surface area contributed by atoms with Crippen LogP contribution < -0.4 is 5.32 Å². The van der Waals surface area contributed by atoms with Crippen molar-refractivity contribution in [3.05, 3.63) is 58.4 Å². The van der Waals surface area contributed by atoms with Crippen LogP contribution in [0.15, 0.2) is 41.1 Å². The van der Waals surface area contributed by atoms with Gasteiger partial charge in [-0.05, 0) is 44.0 Å². The number of aryl methyl sites for hydroxylation is 2. The second-order valence-corrected chi connectivity index (χ2v) is 6.74. The van der Waals surface area contributed by atoms with Crippen LogP contribution in [-0.4, -0.2) is 23.0 Å². The van der Waals surface area contributed by atoms with Gasteiger partial charge < -0.3 is 14.5 Å². The maximum atomic E-state index is 12.2. The summed E-state index contributed by atoms with van der Waals surface area (Å²) < 4.78 is 10.8. The van der Waals surface area contributed by atoms with Gasteiger partial charge in [0, 0.05) is 17.1 Å². The number of fused-ring (bicyclic) bond motifs is 1. The van der Waals surface area contributed by atoms with E-state index in [-0.39, 0.29) is 6.42 Å². The number of nitrogens with zero attached hydrogens (tertiary/aromatic N) is 1. The van der Waals surface area contributed by atoms with Crippen molar-refractivity contribution < 1.29 is 18.7 Å². The van der Waals surface area contributed by atoms with Gasteiger partial charge in [0.15, 0.2) is 6.10 Å². The molecule has 2 heterocycles. The Morgan fingerprint density at radius 2 is 2.04 bits per heavy atom. The first-order chi connectivity index (χ1) is 12.8. The highest BCUT2D eigenvalue weighted by Crippen LogP contribution is 2.27. The minimum absolute atomic E-state index is 0.0202. The van der Waals surface area contributed by atoms with Crippen LogP contribution in [0.25, 0.3) is 11.0 Å². The minimum Gasteiger partial charge on any atom is -0.464 e. The largest absolute Gasteiger partial charge is 0.464 e. The normalized spacial score (nSPS) is 12.0. The molecule has 27 heavy (non-hydrogen) atoms. The van der Waals surface area contributed by atoms with Gasteiger partial charge in [0.05, 0.1) is 17.7 Å². The Morgan fingerprint density at radius 3 is 2.74 bits per heavy atom. The molecular weight excluding hydrogens is 368 g/mol. The number of benzene rings is 1. The summed E-state index contributed by atoms with van der Waals surface area (Å²) in [6.45, 7) is 5.48.